The Kier molecular flexibility index (Phi) is 3.64. The van der Waals surface area contributed by atoms with Gasteiger partial charge < -0.3 is 17.2 Å². The number of thiocarbonyl (C=S) groups is 1. The number of rotatable bonds is 2. The lowest BCUT2D eigenvalue weighted by Gasteiger charge is -2.14. The van der Waals surface area contributed by atoms with Crippen LogP contribution >= 0.6 is 12.2 Å². The lowest BCUT2D eigenvalue weighted by molar-refractivity contribution is -0.126. The molecule has 0 bridgehead atoms. The molecule has 8 N–H and O–H groups in total. The van der Waals surface area contributed by atoms with E-state index in [0.717, 1.165) is 5.01 Å². The molecule has 16 heavy (non-hydrogen) atoms. The van der Waals surface area contributed by atoms with Crippen molar-refractivity contribution in [2.45, 2.75) is 6.42 Å². The van der Waals surface area contributed by atoms with Crippen LogP contribution in [0.4, 0.5) is 11.4 Å². The normalized spacial score (nSPS) is 9.81. The minimum Gasteiger partial charge on any atom is -0.397 e. The number of hydrogen-bond donors (Lipinski definition) is 4. The Hall–Kier alpha value is -1.86. The first-order valence-corrected chi connectivity index (χ1v) is 4.83. The summed E-state index contributed by atoms with van der Waals surface area (Å²) < 4.78 is 0. The van der Waals surface area contributed by atoms with Crippen LogP contribution in [0.15, 0.2) is 18.2 Å². The van der Waals surface area contributed by atoms with Gasteiger partial charge in [-0.1, -0.05) is 6.07 Å². The summed E-state index contributed by atoms with van der Waals surface area (Å²) in [6, 6.07) is 4.93. The predicted octanol–water partition coefficient (Wildman–Crippen LogP) is -0.661. The number of amides is 1. The predicted molar refractivity (Wildman–Crippen MR) is 66.8 cm³/mol. The summed E-state index contributed by atoms with van der Waals surface area (Å²) in [5.74, 6) is 4.93. The van der Waals surface area contributed by atoms with Gasteiger partial charge in [0.2, 0.25) is 5.91 Å². The van der Waals surface area contributed by atoms with Gasteiger partial charge in [-0.05, 0) is 29.9 Å². The van der Waals surface area contributed by atoms with E-state index >= 15 is 0 Å². The van der Waals surface area contributed by atoms with Crippen molar-refractivity contribution in [1.82, 2.24) is 5.01 Å². The molecule has 6 nitrogen and oxygen atoms in total. The van der Waals surface area contributed by atoms with Crippen molar-refractivity contribution in [3.05, 3.63) is 23.8 Å². The molecule has 86 valence electrons. The van der Waals surface area contributed by atoms with E-state index in [9.17, 15) is 4.79 Å². The molecule has 7 heteroatoms. The Bertz CT molecular complexity index is 434. The molecule has 0 saturated heterocycles. The molecule has 0 aromatic heterocycles. The van der Waals surface area contributed by atoms with Gasteiger partial charge in [0.05, 0.1) is 17.8 Å². The van der Waals surface area contributed by atoms with E-state index in [0.29, 0.717) is 16.9 Å². The summed E-state index contributed by atoms with van der Waals surface area (Å²) in [5, 5.41) is 0.551. The molecular formula is C9H13N5OS. The molecule has 0 unspecified atom stereocenters. The number of benzene rings is 1. The Balaban J connectivity index is 2.77. The molecular weight excluding hydrogens is 226 g/mol. The summed E-state index contributed by atoms with van der Waals surface area (Å²) in [6.07, 6.45) is 0.0678. The van der Waals surface area contributed by atoms with Crippen LogP contribution in [0.1, 0.15) is 5.56 Å². The monoisotopic (exact) mass is 239 g/mol. The van der Waals surface area contributed by atoms with Crippen LogP contribution in [0, 0.1) is 0 Å². The maximum Gasteiger partial charge on any atom is 0.247 e. The van der Waals surface area contributed by atoms with Gasteiger partial charge in [0, 0.05) is 0 Å². The van der Waals surface area contributed by atoms with Crippen LogP contribution in [0.2, 0.25) is 0 Å². The van der Waals surface area contributed by atoms with E-state index in [2.05, 4.69) is 12.2 Å². The first-order chi connectivity index (χ1) is 7.41. The van der Waals surface area contributed by atoms with Gasteiger partial charge in [-0.2, -0.15) is 0 Å². The van der Waals surface area contributed by atoms with Crippen molar-refractivity contribution in [1.29, 1.82) is 0 Å². The van der Waals surface area contributed by atoms with E-state index in [-0.39, 0.29) is 11.5 Å². The molecule has 0 aliphatic rings. The lowest BCUT2D eigenvalue weighted by atomic mass is 10.1. The third-order valence-electron chi connectivity index (χ3n) is 2.01. The Morgan fingerprint density at radius 3 is 2.44 bits per heavy atom. The van der Waals surface area contributed by atoms with E-state index in [1.165, 1.54) is 0 Å². The zero-order chi connectivity index (χ0) is 12.3. The fraction of sp³-hybridized carbons (Fsp3) is 0.111. The fourth-order valence-corrected chi connectivity index (χ4v) is 1.22. The third kappa shape index (κ3) is 2.81. The first kappa shape index (κ1) is 12.2. The van der Waals surface area contributed by atoms with Gasteiger partial charge in [0.15, 0.2) is 5.11 Å². The first-order valence-electron chi connectivity index (χ1n) is 4.42. The number of anilines is 2. The summed E-state index contributed by atoms with van der Waals surface area (Å²) in [6.45, 7) is 0. The van der Waals surface area contributed by atoms with E-state index in [4.69, 9.17) is 23.0 Å². The van der Waals surface area contributed by atoms with Crippen molar-refractivity contribution < 1.29 is 4.79 Å². The summed E-state index contributed by atoms with van der Waals surface area (Å²) >= 11 is 4.57. The van der Waals surface area contributed by atoms with Crippen LogP contribution < -0.4 is 23.0 Å². The van der Waals surface area contributed by atoms with E-state index in [1.807, 2.05) is 0 Å². The Labute approximate surface area is 98.1 Å². The Morgan fingerprint density at radius 1 is 1.31 bits per heavy atom. The number of carbonyl (C=O) groups is 1. The molecule has 0 heterocycles. The summed E-state index contributed by atoms with van der Waals surface area (Å²) in [5.41, 5.74) is 17.9. The molecule has 0 fully saturated rings. The third-order valence-corrected chi connectivity index (χ3v) is 2.21. The molecule has 0 spiro atoms. The number of hydrazine groups is 1. The highest BCUT2D eigenvalue weighted by Crippen LogP contribution is 2.16. The summed E-state index contributed by atoms with van der Waals surface area (Å²) in [4.78, 5) is 11.5. The van der Waals surface area contributed by atoms with E-state index in [1.54, 1.807) is 18.2 Å². The largest absolute Gasteiger partial charge is 0.397 e. The standard InChI is InChI=1S/C9H13N5OS/c10-6-2-1-5(3-7(6)11)4-8(15)14(13)9(12)16/h1-3H,4,10-11,13H2,(H2,12,16). The fourth-order valence-electron chi connectivity index (χ4n) is 1.12. The number of nitrogen functional groups attached to an aromatic ring is 2. The van der Waals surface area contributed by atoms with Crippen LogP contribution in [0.25, 0.3) is 0 Å². The number of nitrogens with two attached hydrogens (primary N) is 4. The molecule has 1 rings (SSSR count). The van der Waals surface area contributed by atoms with Crippen LogP contribution in [-0.4, -0.2) is 16.0 Å². The zero-order valence-corrected chi connectivity index (χ0v) is 9.33. The zero-order valence-electron chi connectivity index (χ0n) is 8.51. The van der Waals surface area contributed by atoms with Gasteiger partial charge in [-0.25, -0.2) is 10.9 Å². The maximum absolute atomic E-state index is 11.5. The molecule has 0 saturated carbocycles. The van der Waals surface area contributed by atoms with Gasteiger partial charge in [0.1, 0.15) is 0 Å². The highest BCUT2D eigenvalue weighted by molar-refractivity contribution is 7.80. The molecule has 1 aromatic carbocycles. The lowest BCUT2D eigenvalue weighted by Crippen LogP contribution is -2.46. The Morgan fingerprint density at radius 2 is 1.94 bits per heavy atom. The molecule has 0 radical (unpaired) electrons. The quantitative estimate of drug-likeness (QED) is 0.178. The van der Waals surface area contributed by atoms with Crippen molar-refractivity contribution in [3.63, 3.8) is 0 Å². The smallest absolute Gasteiger partial charge is 0.247 e. The average Bonchev–Trinajstić information content (AvgIpc) is 2.22. The number of hydrogen-bond acceptors (Lipinski definition) is 5. The van der Waals surface area contributed by atoms with E-state index < -0.39 is 5.91 Å². The number of nitrogens with zero attached hydrogens (tertiary/aromatic N) is 1. The molecule has 1 aromatic rings. The molecule has 0 atom stereocenters. The second-order valence-electron chi connectivity index (χ2n) is 3.24. The highest BCUT2D eigenvalue weighted by atomic mass is 32.1. The van der Waals surface area contributed by atoms with Crippen LogP contribution in [-0.2, 0) is 11.2 Å². The second kappa shape index (κ2) is 4.77. The number of carbonyl (C=O) groups excluding carboxylic acids is 1. The second-order valence-corrected chi connectivity index (χ2v) is 3.66. The topological polar surface area (TPSA) is 124 Å². The van der Waals surface area contributed by atoms with Gasteiger partial charge in [-0.15, -0.1) is 0 Å². The SMILES string of the molecule is NC(=S)N(N)C(=O)Cc1ccc(N)c(N)c1. The van der Waals surface area contributed by atoms with Crippen molar-refractivity contribution >= 4 is 34.6 Å². The van der Waals surface area contributed by atoms with Gasteiger partial charge in [0.25, 0.3) is 0 Å². The van der Waals surface area contributed by atoms with Crippen molar-refractivity contribution in [2.75, 3.05) is 11.5 Å². The highest BCUT2D eigenvalue weighted by Gasteiger charge is 2.12. The molecule has 1 amide bonds. The van der Waals surface area contributed by atoms with Gasteiger partial charge in [-0.3, -0.25) is 4.79 Å². The van der Waals surface area contributed by atoms with Crippen molar-refractivity contribution in [2.24, 2.45) is 11.6 Å². The average molecular weight is 239 g/mol. The molecule has 0 aliphatic carbocycles. The van der Waals surface area contributed by atoms with Gasteiger partial charge >= 0.3 is 0 Å². The molecule has 0 aliphatic heterocycles. The maximum atomic E-state index is 11.5. The summed E-state index contributed by atoms with van der Waals surface area (Å²) in [7, 11) is 0. The van der Waals surface area contributed by atoms with Crippen molar-refractivity contribution in [3.8, 4) is 0 Å². The van der Waals surface area contributed by atoms with Crippen LogP contribution in [0.5, 0.6) is 0 Å². The van der Waals surface area contributed by atoms with Crippen LogP contribution in [0.3, 0.4) is 0 Å². The minimum absolute atomic E-state index is 0.0678. The minimum atomic E-state index is -0.406.